The summed E-state index contributed by atoms with van der Waals surface area (Å²) in [5, 5.41) is 5.08. The lowest BCUT2D eigenvalue weighted by Crippen LogP contribution is -2.46. The van der Waals surface area contributed by atoms with Gasteiger partial charge < -0.3 is 10.2 Å². The van der Waals surface area contributed by atoms with Crippen LogP contribution in [0.25, 0.3) is 0 Å². The molecule has 102 valence electrons. The molecule has 3 rings (SSSR count). The van der Waals surface area contributed by atoms with E-state index in [1.165, 1.54) is 0 Å². The lowest BCUT2D eigenvalue weighted by atomic mass is 9.87. The van der Waals surface area contributed by atoms with Crippen molar-refractivity contribution in [3.63, 3.8) is 0 Å². The van der Waals surface area contributed by atoms with E-state index in [2.05, 4.69) is 5.32 Å². The zero-order chi connectivity index (χ0) is 13.4. The summed E-state index contributed by atoms with van der Waals surface area (Å²) in [5.41, 5.74) is 0. The molecule has 1 aromatic rings. The maximum atomic E-state index is 12.4. The molecule has 1 saturated heterocycles. The molecule has 1 aliphatic heterocycles. The summed E-state index contributed by atoms with van der Waals surface area (Å²) in [6, 6.07) is 4.27. The predicted molar refractivity (Wildman–Crippen MR) is 73.7 cm³/mol. The van der Waals surface area contributed by atoms with E-state index < -0.39 is 0 Å². The summed E-state index contributed by atoms with van der Waals surface area (Å²) in [5.74, 6) is 0.135. The molecule has 1 aromatic heterocycles. The first kappa shape index (κ1) is 12.7. The van der Waals surface area contributed by atoms with Crippen LogP contribution in [0.2, 0.25) is 0 Å². The van der Waals surface area contributed by atoms with Gasteiger partial charge in [-0.05, 0) is 30.7 Å². The molecule has 1 saturated carbocycles. The van der Waals surface area contributed by atoms with Gasteiger partial charge in [0.2, 0.25) is 11.8 Å². The van der Waals surface area contributed by atoms with Gasteiger partial charge in [0, 0.05) is 24.4 Å². The summed E-state index contributed by atoms with van der Waals surface area (Å²) >= 11 is 1.62. The number of carbonyl (C=O) groups excluding carboxylic acids is 2. The van der Waals surface area contributed by atoms with Crippen LogP contribution in [0.15, 0.2) is 17.5 Å². The minimum atomic E-state index is -0.109. The van der Waals surface area contributed by atoms with E-state index in [0.717, 1.165) is 17.7 Å². The number of nitrogens with zero attached hydrogens (tertiary/aromatic N) is 1. The number of carbonyl (C=O) groups is 2. The number of nitrogens with one attached hydrogen (secondary N) is 1. The van der Waals surface area contributed by atoms with Crippen LogP contribution in [0.5, 0.6) is 0 Å². The fraction of sp³-hybridized carbons (Fsp3) is 0.571. The zero-order valence-electron chi connectivity index (χ0n) is 11.0. The third kappa shape index (κ3) is 2.52. The highest BCUT2D eigenvalue weighted by Gasteiger charge is 2.40. The molecule has 1 aliphatic carbocycles. The second kappa shape index (κ2) is 4.96. The number of hydrogen-bond donors (Lipinski definition) is 1. The highest BCUT2D eigenvalue weighted by molar-refractivity contribution is 7.10. The molecule has 2 aliphatic rings. The molecule has 4 nitrogen and oxygen atoms in total. The number of hydrogen-bond acceptors (Lipinski definition) is 3. The van der Waals surface area contributed by atoms with Crippen molar-refractivity contribution in [2.45, 2.75) is 37.8 Å². The van der Waals surface area contributed by atoms with Gasteiger partial charge >= 0.3 is 0 Å². The van der Waals surface area contributed by atoms with Crippen LogP contribution in [-0.4, -0.2) is 29.8 Å². The van der Waals surface area contributed by atoms with Gasteiger partial charge in [-0.1, -0.05) is 6.07 Å². The summed E-state index contributed by atoms with van der Waals surface area (Å²) in [6.07, 6.45) is 3.32. The minimum Gasteiger partial charge on any atom is -0.353 e. The van der Waals surface area contributed by atoms with Crippen molar-refractivity contribution in [2.24, 2.45) is 5.92 Å². The lowest BCUT2D eigenvalue weighted by Gasteiger charge is -2.37. The SMILES string of the molecule is CN1C(=O)CC[C@H](C(=O)NC2CC2)[C@H]1c1cccs1. The molecule has 0 spiro atoms. The van der Waals surface area contributed by atoms with E-state index in [1.54, 1.807) is 16.2 Å². The third-order valence-corrected chi connectivity index (χ3v) is 4.90. The molecule has 5 heteroatoms. The molecular formula is C14H18N2O2S. The Labute approximate surface area is 116 Å². The van der Waals surface area contributed by atoms with Crippen molar-refractivity contribution in [2.75, 3.05) is 7.05 Å². The van der Waals surface area contributed by atoms with Gasteiger partial charge in [0.25, 0.3) is 0 Å². The van der Waals surface area contributed by atoms with E-state index in [0.29, 0.717) is 18.9 Å². The smallest absolute Gasteiger partial charge is 0.225 e. The number of piperidine rings is 1. The van der Waals surface area contributed by atoms with Gasteiger partial charge in [-0.2, -0.15) is 0 Å². The van der Waals surface area contributed by atoms with Crippen molar-refractivity contribution in [1.29, 1.82) is 0 Å². The van der Waals surface area contributed by atoms with Gasteiger partial charge in [-0.25, -0.2) is 0 Å². The van der Waals surface area contributed by atoms with Crippen LogP contribution < -0.4 is 5.32 Å². The zero-order valence-corrected chi connectivity index (χ0v) is 11.8. The fourth-order valence-electron chi connectivity index (χ4n) is 2.70. The standard InChI is InChI=1S/C14H18N2O2S/c1-16-12(17)7-6-10(14(18)15-9-4-5-9)13(16)11-3-2-8-19-11/h2-3,8-10,13H,4-7H2,1H3,(H,15,18)/t10-,13-/m0/s1. The van der Waals surface area contributed by atoms with Gasteiger partial charge in [0.05, 0.1) is 12.0 Å². The molecule has 19 heavy (non-hydrogen) atoms. The number of amides is 2. The van der Waals surface area contributed by atoms with Gasteiger partial charge in [-0.3, -0.25) is 9.59 Å². The Morgan fingerprint density at radius 1 is 1.42 bits per heavy atom. The first-order chi connectivity index (χ1) is 9.16. The summed E-state index contributed by atoms with van der Waals surface area (Å²) in [6.45, 7) is 0. The predicted octanol–water partition coefficient (Wildman–Crippen LogP) is 1.94. The van der Waals surface area contributed by atoms with Crippen molar-refractivity contribution in [1.82, 2.24) is 10.2 Å². The molecule has 1 N–H and O–H groups in total. The van der Waals surface area contributed by atoms with Gasteiger partial charge in [-0.15, -0.1) is 11.3 Å². The van der Waals surface area contributed by atoms with Crippen LogP contribution in [0, 0.1) is 5.92 Å². The van der Waals surface area contributed by atoms with Gasteiger partial charge in [0.1, 0.15) is 0 Å². The number of thiophene rings is 1. The molecule has 0 radical (unpaired) electrons. The number of rotatable bonds is 3. The Morgan fingerprint density at radius 3 is 2.84 bits per heavy atom. The van der Waals surface area contributed by atoms with Crippen molar-refractivity contribution in [3.05, 3.63) is 22.4 Å². The molecule has 0 aromatic carbocycles. The summed E-state index contributed by atoms with van der Waals surface area (Å²) in [7, 11) is 1.81. The average molecular weight is 278 g/mol. The van der Waals surface area contributed by atoms with E-state index in [1.807, 2.05) is 24.6 Å². The first-order valence-electron chi connectivity index (χ1n) is 6.76. The van der Waals surface area contributed by atoms with Gasteiger partial charge in [0.15, 0.2) is 0 Å². The summed E-state index contributed by atoms with van der Waals surface area (Å²) in [4.78, 5) is 27.1. The van der Waals surface area contributed by atoms with E-state index in [4.69, 9.17) is 0 Å². The largest absolute Gasteiger partial charge is 0.353 e. The molecule has 2 amide bonds. The van der Waals surface area contributed by atoms with Crippen molar-refractivity contribution < 1.29 is 9.59 Å². The topological polar surface area (TPSA) is 49.4 Å². The maximum Gasteiger partial charge on any atom is 0.225 e. The van der Waals surface area contributed by atoms with E-state index in [9.17, 15) is 9.59 Å². The molecule has 2 atom stereocenters. The Hall–Kier alpha value is -1.36. The Kier molecular flexibility index (Phi) is 3.31. The average Bonchev–Trinajstić information content (AvgIpc) is 3.04. The van der Waals surface area contributed by atoms with Crippen molar-refractivity contribution >= 4 is 23.2 Å². The van der Waals surface area contributed by atoms with Crippen LogP contribution in [-0.2, 0) is 9.59 Å². The Morgan fingerprint density at radius 2 is 2.21 bits per heavy atom. The molecule has 2 heterocycles. The quantitative estimate of drug-likeness (QED) is 0.918. The maximum absolute atomic E-state index is 12.4. The molecule has 0 unspecified atom stereocenters. The Balaban J connectivity index is 1.83. The monoisotopic (exact) mass is 278 g/mol. The molecule has 0 bridgehead atoms. The second-order valence-corrected chi connectivity index (χ2v) is 6.37. The molecule has 2 fully saturated rings. The van der Waals surface area contributed by atoms with Crippen LogP contribution in [0.4, 0.5) is 0 Å². The van der Waals surface area contributed by atoms with Crippen LogP contribution in [0.1, 0.15) is 36.6 Å². The highest BCUT2D eigenvalue weighted by Crippen LogP contribution is 2.38. The molecular weight excluding hydrogens is 260 g/mol. The normalized spacial score (nSPS) is 27.4. The Bertz CT molecular complexity index is 482. The summed E-state index contributed by atoms with van der Waals surface area (Å²) < 4.78 is 0. The van der Waals surface area contributed by atoms with Crippen LogP contribution >= 0.6 is 11.3 Å². The van der Waals surface area contributed by atoms with Crippen LogP contribution in [0.3, 0.4) is 0 Å². The minimum absolute atomic E-state index is 0.0972. The fourth-order valence-corrected chi connectivity index (χ4v) is 3.63. The third-order valence-electron chi connectivity index (χ3n) is 3.96. The number of likely N-dealkylation sites (tertiary alicyclic amines) is 1. The lowest BCUT2D eigenvalue weighted by molar-refractivity contribution is -0.141. The van der Waals surface area contributed by atoms with Crippen molar-refractivity contribution in [3.8, 4) is 0 Å². The van der Waals surface area contributed by atoms with E-state index >= 15 is 0 Å². The first-order valence-corrected chi connectivity index (χ1v) is 7.64. The van der Waals surface area contributed by atoms with E-state index in [-0.39, 0.29) is 23.8 Å². The highest BCUT2D eigenvalue weighted by atomic mass is 32.1. The second-order valence-electron chi connectivity index (χ2n) is 5.39.